The molecule has 1 N–H and O–H groups in total. The van der Waals surface area contributed by atoms with Gasteiger partial charge in [0.05, 0.1) is 7.11 Å². The maximum atomic E-state index is 5.53. The Labute approximate surface area is 129 Å². The summed E-state index contributed by atoms with van der Waals surface area (Å²) >= 11 is 0. The Morgan fingerprint density at radius 3 is 2.81 bits per heavy atom. The second kappa shape index (κ2) is 7.17. The zero-order valence-corrected chi connectivity index (χ0v) is 14.2. The summed E-state index contributed by atoms with van der Waals surface area (Å²) < 4.78 is 5.53. The molecule has 0 radical (unpaired) electrons. The van der Waals surface area contributed by atoms with E-state index in [9.17, 15) is 0 Å². The van der Waals surface area contributed by atoms with Crippen LogP contribution in [-0.4, -0.2) is 37.7 Å². The van der Waals surface area contributed by atoms with Gasteiger partial charge in [0.1, 0.15) is 5.75 Å². The average molecular weight is 290 g/mol. The number of benzene rings is 1. The molecule has 1 aromatic rings. The lowest BCUT2D eigenvalue weighted by Gasteiger charge is -2.36. The molecule has 0 aromatic heterocycles. The largest absolute Gasteiger partial charge is 0.496 e. The molecule has 3 heteroatoms. The molecule has 21 heavy (non-hydrogen) atoms. The summed E-state index contributed by atoms with van der Waals surface area (Å²) in [5.74, 6) is 1.73. The highest BCUT2D eigenvalue weighted by atomic mass is 16.5. The van der Waals surface area contributed by atoms with Crippen LogP contribution in [0.15, 0.2) is 12.1 Å². The molecule has 1 saturated heterocycles. The van der Waals surface area contributed by atoms with Crippen LogP contribution in [0.5, 0.6) is 5.75 Å². The molecule has 118 valence electrons. The number of rotatable bonds is 5. The topological polar surface area (TPSA) is 24.5 Å². The van der Waals surface area contributed by atoms with Gasteiger partial charge in [-0.25, -0.2) is 0 Å². The van der Waals surface area contributed by atoms with Crippen LogP contribution in [0.25, 0.3) is 0 Å². The predicted molar refractivity (Wildman–Crippen MR) is 90.4 cm³/mol. The number of hydrogen-bond donors (Lipinski definition) is 1. The Bertz CT molecular complexity index is 473. The van der Waals surface area contributed by atoms with Crippen LogP contribution in [0, 0.1) is 19.8 Å². The number of piperidine rings is 1. The molecule has 1 aromatic carbocycles. The Balaban J connectivity index is 2.07. The van der Waals surface area contributed by atoms with E-state index in [1.165, 1.54) is 49.3 Å². The van der Waals surface area contributed by atoms with E-state index < -0.39 is 0 Å². The van der Waals surface area contributed by atoms with Crippen molar-refractivity contribution in [3.8, 4) is 5.75 Å². The molecule has 1 heterocycles. The number of aryl methyl sites for hydroxylation is 1. The Kier molecular flexibility index (Phi) is 5.51. The molecule has 0 aliphatic carbocycles. The van der Waals surface area contributed by atoms with E-state index in [2.05, 4.69) is 50.0 Å². The van der Waals surface area contributed by atoms with Crippen molar-refractivity contribution < 1.29 is 4.74 Å². The third-order valence-corrected chi connectivity index (χ3v) is 4.89. The number of likely N-dealkylation sites (tertiary alicyclic amines) is 1. The van der Waals surface area contributed by atoms with Crippen LogP contribution < -0.4 is 10.1 Å². The quantitative estimate of drug-likeness (QED) is 0.891. The van der Waals surface area contributed by atoms with Gasteiger partial charge >= 0.3 is 0 Å². The number of methoxy groups -OCH3 is 1. The fraction of sp³-hybridized carbons (Fsp3) is 0.667. The van der Waals surface area contributed by atoms with E-state index >= 15 is 0 Å². The van der Waals surface area contributed by atoms with Gasteiger partial charge < -0.3 is 15.0 Å². The fourth-order valence-electron chi connectivity index (χ4n) is 3.45. The van der Waals surface area contributed by atoms with E-state index in [1.54, 1.807) is 7.11 Å². The summed E-state index contributed by atoms with van der Waals surface area (Å²) in [6.45, 7) is 12.5. The number of hydrogen-bond acceptors (Lipinski definition) is 3. The number of nitrogens with zero attached hydrogens (tertiary/aromatic N) is 1. The summed E-state index contributed by atoms with van der Waals surface area (Å²) in [5.41, 5.74) is 3.62. The molecule has 0 bridgehead atoms. The second-order valence-electron chi connectivity index (χ2n) is 6.32. The van der Waals surface area contributed by atoms with Crippen LogP contribution in [-0.2, 0) is 0 Å². The highest BCUT2D eigenvalue weighted by molar-refractivity contribution is 5.60. The van der Waals surface area contributed by atoms with E-state index in [4.69, 9.17) is 4.74 Å². The molecule has 1 aliphatic rings. The van der Waals surface area contributed by atoms with E-state index in [0.717, 1.165) is 11.7 Å². The predicted octanol–water partition coefficient (Wildman–Crippen LogP) is 3.84. The van der Waals surface area contributed by atoms with Gasteiger partial charge in [0.15, 0.2) is 0 Å². The van der Waals surface area contributed by atoms with Crippen LogP contribution in [0.2, 0.25) is 0 Å². The standard InChI is InChI=1S/C18H30N2O/c1-6-20-11-7-8-16(12-20)15(4)19-17-10-9-13(2)18(21-5)14(17)3/h9-10,15-16,19H,6-8,11-12H2,1-5H3. The van der Waals surface area contributed by atoms with Crippen LogP contribution in [0.3, 0.4) is 0 Å². The van der Waals surface area contributed by atoms with E-state index in [-0.39, 0.29) is 0 Å². The van der Waals surface area contributed by atoms with Gasteiger partial charge in [-0.1, -0.05) is 13.0 Å². The third-order valence-electron chi connectivity index (χ3n) is 4.89. The number of ether oxygens (including phenoxy) is 1. The molecular formula is C18H30N2O. The van der Waals surface area contributed by atoms with Crippen LogP contribution in [0.4, 0.5) is 5.69 Å². The maximum Gasteiger partial charge on any atom is 0.126 e. The molecule has 1 fully saturated rings. The minimum absolute atomic E-state index is 0.491. The number of nitrogens with one attached hydrogen (secondary N) is 1. The van der Waals surface area contributed by atoms with Gasteiger partial charge in [0.2, 0.25) is 0 Å². The minimum Gasteiger partial charge on any atom is -0.496 e. The zero-order valence-electron chi connectivity index (χ0n) is 14.2. The molecule has 0 saturated carbocycles. The maximum absolute atomic E-state index is 5.53. The highest BCUT2D eigenvalue weighted by Crippen LogP contribution is 2.31. The smallest absolute Gasteiger partial charge is 0.126 e. The third kappa shape index (κ3) is 3.70. The molecule has 2 rings (SSSR count). The molecule has 2 unspecified atom stereocenters. The lowest BCUT2D eigenvalue weighted by atomic mass is 9.91. The van der Waals surface area contributed by atoms with Gasteiger partial charge in [0.25, 0.3) is 0 Å². The van der Waals surface area contributed by atoms with Crippen molar-refractivity contribution >= 4 is 5.69 Å². The summed E-state index contributed by atoms with van der Waals surface area (Å²) in [4.78, 5) is 2.56. The van der Waals surface area contributed by atoms with Crippen molar-refractivity contribution in [3.05, 3.63) is 23.3 Å². The molecular weight excluding hydrogens is 260 g/mol. The van der Waals surface area contributed by atoms with Gasteiger partial charge in [-0.2, -0.15) is 0 Å². The lowest BCUT2D eigenvalue weighted by Crippen LogP contribution is -2.41. The molecule has 2 atom stereocenters. The van der Waals surface area contributed by atoms with Gasteiger partial charge in [0, 0.05) is 23.8 Å². The van der Waals surface area contributed by atoms with Crippen molar-refractivity contribution in [1.29, 1.82) is 0 Å². The average Bonchev–Trinajstić information content (AvgIpc) is 2.50. The van der Waals surface area contributed by atoms with E-state index in [1.807, 2.05) is 0 Å². The first kappa shape index (κ1) is 16.2. The zero-order chi connectivity index (χ0) is 15.4. The summed E-state index contributed by atoms with van der Waals surface area (Å²) in [6, 6.07) is 4.81. The number of anilines is 1. The second-order valence-corrected chi connectivity index (χ2v) is 6.32. The molecule has 0 spiro atoms. The summed E-state index contributed by atoms with van der Waals surface area (Å²) in [6.07, 6.45) is 2.65. The Morgan fingerprint density at radius 1 is 1.38 bits per heavy atom. The van der Waals surface area contributed by atoms with Crippen LogP contribution in [0.1, 0.15) is 37.8 Å². The van der Waals surface area contributed by atoms with Crippen LogP contribution >= 0.6 is 0 Å². The van der Waals surface area contributed by atoms with E-state index in [0.29, 0.717) is 6.04 Å². The Hall–Kier alpha value is -1.22. The first-order valence-electron chi connectivity index (χ1n) is 8.19. The molecule has 1 aliphatic heterocycles. The molecule has 0 amide bonds. The monoisotopic (exact) mass is 290 g/mol. The summed E-state index contributed by atoms with van der Waals surface area (Å²) in [7, 11) is 1.75. The summed E-state index contributed by atoms with van der Waals surface area (Å²) in [5, 5.41) is 3.72. The van der Waals surface area contributed by atoms with Crippen molar-refractivity contribution in [1.82, 2.24) is 4.90 Å². The first-order chi connectivity index (χ1) is 10.1. The lowest BCUT2D eigenvalue weighted by molar-refractivity contribution is 0.172. The van der Waals surface area contributed by atoms with Gasteiger partial charge in [-0.05, 0) is 64.3 Å². The SMILES string of the molecule is CCN1CCCC(C(C)Nc2ccc(C)c(OC)c2C)C1. The molecule has 3 nitrogen and oxygen atoms in total. The van der Waals surface area contributed by atoms with Gasteiger partial charge in [-0.3, -0.25) is 0 Å². The van der Waals surface area contributed by atoms with Gasteiger partial charge in [-0.15, -0.1) is 0 Å². The highest BCUT2D eigenvalue weighted by Gasteiger charge is 2.24. The van der Waals surface area contributed by atoms with Crippen molar-refractivity contribution in [2.24, 2.45) is 5.92 Å². The minimum atomic E-state index is 0.491. The van der Waals surface area contributed by atoms with Crippen molar-refractivity contribution in [2.75, 3.05) is 32.1 Å². The Morgan fingerprint density at radius 2 is 2.14 bits per heavy atom. The first-order valence-corrected chi connectivity index (χ1v) is 8.19. The van der Waals surface area contributed by atoms with Crippen molar-refractivity contribution in [2.45, 2.75) is 46.6 Å². The fourth-order valence-corrected chi connectivity index (χ4v) is 3.45. The normalized spacial score (nSPS) is 21.1. The van der Waals surface area contributed by atoms with Crippen molar-refractivity contribution in [3.63, 3.8) is 0 Å².